The molecule has 1 fully saturated rings. The van der Waals surface area contributed by atoms with Crippen LogP contribution in [0.15, 0.2) is 36.7 Å². The molecule has 1 aromatic carbocycles. The molecule has 0 saturated carbocycles. The van der Waals surface area contributed by atoms with E-state index in [4.69, 9.17) is 0 Å². The van der Waals surface area contributed by atoms with Crippen molar-refractivity contribution in [2.24, 2.45) is 7.05 Å². The van der Waals surface area contributed by atoms with E-state index in [2.05, 4.69) is 27.1 Å². The topological polar surface area (TPSA) is 53.4 Å². The van der Waals surface area contributed by atoms with E-state index in [1.54, 1.807) is 6.20 Å². The van der Waals surface area contributed by atoms with Crippen molar-refractivity contribution in [2.75, 3.05) is 44.7 Å². The van der Waals surface area contributed by atoms with Crippen molar-refractivity contribution >= 4 is 11.6 Å². The van der Waals surface area contributed by atoms with Crippen molar-refractivity contribution in [1.82, 2.24) is 19.8 Å². The van der Waals surface area contributed by atoms with Crippen LogP contribution in [0.1, 0.15) is 16.2 Å². The van der Waals surface area contributed by atoms with Gasteiger partial charge < -0.3 is 19.7 Å². The maximum absolute atomic E-state index is 12.2. The third kappa shape index (κ3) is 3.94. The maximum atomic E-state index is 12.2. The number of carbonyl (C=O) groups is 1. The Bertz CT molecular complexity index is 671. The van der Waals surface area contributed by atoms with Crippen molar-refractivity contribution in [1.29, 1.82) is 0 Å². The summed E-state index contributed by atoms with van der Waals surface area (Å²) in [4.78, 5) is 21.2. The molecular weight excluding hydrogens is 302 g/mol. The number of anilines is 1. The molecule has 3 rings (SSSR count). The maximum Gasteiger partial charge on any atom is 0.251 e. The fourth-order valence-corrected chi connectivity index (χ4v) is 2.92. The zero-order valence-corrected chi connectivity index (χ0v) is 14.4. The molecule has 24 heavy (non-hydrogen) atoms. The second-order valence-electron chi connectivity index (χ2n) is 6.30. The molecule has 0 radical (unpaired) electrons. The van der Waals surface area contributed by atoms with Crippen LogP contribution in [0.5, 0.6) is 0 Å². The van der Waals surface area contributed by atoms with Crippen LogP contribution in [0.2, 0.25) is 0 Å². The molecule has 0 spiro atoms. The summed E-state index contributed by atoms with van der Waals surface area (Å²) >= 11 is 0. The lowest BCUT2D eigenvalue weighted by atomic mass is 10.1. The van der Waals surface area contributed by atoms with Crippen LogP contribution in [0.25, 0.3) is 0 Å². The molecule has 1 N–H and O–H groups in total. The van der Waals surface area contributed by atoms with Crippen LogP contribution in [0.3, 0.4) is 0 Å². The third-order valence-corrected chi connectivity index (χ3v) is 4.55. The number of piperazine rings is 1. The monoisotopic (exact) mass is 327 g/mol. The highest BCUT2D eigenvalue weighted by Gasteiger charge is 2.14. The minimum Gasteiger partial charge on any atom is -0.369 e. The van der Waals surface area contributed by atoms with Crippen LogP contribution >= 0.6 is 0 Å². The lowest BCUT2D eigenvalue weighted by Gasteiger charge is -2.34. The van der Waals surface area contributed by atoms with Gasteiger partial charge in [0.2, 0.25) is 0 Å². The van der Waals surface area contributed by atoms with Crippen LogP contribution in [-0.4, -0.2) is 60.1 Å². The van der Waals surface area contributed by atoms with Gasteiger partial charge in [0.05, 0.1) is 0 Å². The molecule has 2 heterocycles. The Kier molecular flexibility index (Phi) is 5.15. The molecule has 0 aliphatic carbocycles. The predicted molar refractivity (Wildman–Crippen MR) is 95.4 cm³/mol. The van der Waals surface area contributed by atoms with Gasteiger partial charge in [-0.2, -0.15) is 0 Å². The highest BCUT2D eigenvalue weighted by molar-refractivity contribution is 5.94. The fraction of sp³-hybridized carbons (Fsp3) is 0.444. The Hall–Kier alpha value is -2.34. The SMILES string of the molecule is CN1CCN(c2ccc(C(=O)NCCc3nccn3C)cc2)CC1. The Morgan fingerprint density at radius 1 is 1.12 bits per heavy atom. The van der Waals surface area contributed by atoms with Gasteiger partial charge in [0, 0.05) is 69.8 Å². The van der Waals surface area contributed by atoms with Crippen molar-refractivity contribution < 1.29 is 4.79 Å². The molecule has 6 nitrogen and oxygen atoms in total. The van der Waals surface area contributed by atoms with Gasteiger partial charge in [-0.1, -0.05) is 0 Å². The first-order chi connectivity index (χ1) is 11.6. The highest BCUT2D eigenvalue weighted by atomic mass is 16.1. The standard InChI is InChI=1S/C18H25N5O/c1-21-11-13-23(14-12-21)16-5-3-15(4-6-16)18(24)20-8-7-17-19-9-10-22(17)2/h3-6,9-10H,7-8,11-14H2,1-2H3,(H,20,24). The summed E-state index contributed by atoms with van der Waals surface area (Å²) in [5.41, 5.74) is 1.89. The van der Waals surface area contributed by atoms with E-state index in [1.807, 2.05) is 42.1 Å². The number of nitrogens with zero attached hydrogens (tertiary/aromatic N) is 4. The van der Waals surface area contributed by atoms with Gasteiger partial charge in [0.25, 0.3) is 5.91 Å². The number of carbonyl (C=O) groups excluding carboxylic acids is 1. The Balaban J connectivity index is 1.51. The van der Waals surface area contributed by atoms with Crippen molar-refractivity contribution in [2.45, 2.75) is 6.42 Å². The molecule has 1 saturated heterocycles. The molecule has 2 aromatic rings. The van der Waals surface area contributed by atoms with Crippen LogP contribution in [-0.2, 0) is 13.5 Å². The van der Waals surface area contributed by atoms with E-state index >= 15 is 0 Å². The summed E-state index contributed by atoms with van der Waals surface area (Å²) in [5, 5.41) is 2.96. The van der Waals surface area contributed by atoms with Gasteiger partial charge in [0.15, 0.2) is 0 Å². The second kappa shape index (κ2) is 7.49. The highest BCUT2D eigenvalue weighted by Crippen LogP contribution is 2.17. The number of benzene rings is 1. The summed E-state index contributed by atoms with van der Waals surface area (Å²) in [6.07, 6.45) is 4.41. The van der Waals surface area contributed by atoms with E-state index in [9.17, 15) is 4.79 Å². The first-order valence-corrected chi connectivity index (χ1v) is 8.41. The summed E-state index contributed by atoms with van der Waals surface area (Å²) in [5.74, 6) is 0.940. The van der Waals surface area contributed by atoms with Crippen molar-refractivity contribution in [3.8, 4) is 0 Å². The van der Waals surface area contributed by atoms with E-state index in [0.29, 0.717) is 12.1 Å². The van der Waals surface area contributed by atoms with Gasteiger partial charge in [-0.25, -0.2) is 4.98 Å². The van der Waals surface area contributed by atoms with Gasteiger partial charge >= 0.3 is 0 Å². The van der Waals surface area contributed by atoms with E-state index < -0.39 is 0 Å². The molecule has 1 aromatic heterocycles. The number of rotatable bonds is 5. The minimum absolute atomic E-state index is 0.0332. The number of amides is 1. The van der Waals surface area contributed by atoms with Gasteiger partial charge in [0.1, 0.15) is 5.82 Å². The average molecular weight is 327 g/mol. The number of aryl methyl sites for hydroxylation is 1. The summed E-state index contributed by atoms with van der Waals surface area (Å²) in [7, 11) is 4.11. The first-order valence-electron chi connectivity index (χ1n) is 8.41. The smallest absolute Gasteiger partial charge is 0.251 e. The Morgan fingerprint density at radius 2 is 1.83 bits per heavy atom. The second-order valence-corrected chi connectivity index (χ2v) is 6.30. The Labute approximate surface area is 143 Å². The number of hydrogen-bond donors (Lipinski definition) is 1. The first kappa shape index (κ1) is 16.5. The molecule has 0 bridgehead atoms. The van der Waals surface area contributed by atoms with Gasteiger partial charge in [-0.15, -0.1) is 0 Å². The Morgan fingerprint density at radius 3 is 2.46 bits per heavy atom. The zero-order valence-electron chi connectivity index (χ0n) is 14.4. The normalized spacial score (nSPS) is 15.5. The molecule has 0 unspecified atom stereocenters. The molecule has 0 atom stereocenters. The number of imidazole rings is 1. The number of nitrogens with one attached hydrogen (secondary N) is 1. The molecule has 1 amide bonds. The average Bonchev–Trinajstić information content (AvgIpc) is 3.01. The van der Waals surface area contributed by atoms with Crippen molar-refractivity contribution in [3.63, 3.8) is 0 Å². The summed E-state index contributed by atoms with van der Waals surface area (Å²) in [6, 6.07) is 7.89. The molecular formula is C18H25N5O. The summed E-state index contributed by atoms with van der Waals surface area (Å²) in [6.45, 7) is 4.81. The molecule has 6 heteroatoms. The largest absolute Gasteiger partial charge is 0.369 e. The van der Waals surface area contributed by atoms with Crippen molar-refractivity contribution in [3.05, 3.63) is 48.0 Å². The number of aromatic nitrogens is 2. The number of likely N-dealkylation sites (N-methyl/N-ethyl adjacent to an activating group) is 1. The minimum atomic E-state index is -0.0332. The zero-order chi connectivity index (χ0) is 16.9. The molecule has 1 aliphatic heterocycles. The molecule has 128 valence electrons. The number of hydrogen-bond acceptors (Lipinski definition) is 4. The van der Waals surface area contributed by atoms with Crippen LogP contribution < -0.4 is 10.2 Å². The van der Waals surface area contributed by atoms with Crippen LogP contribution in [0, 0.1) is 0 Å². The van der Waals surface area contributed by atoms with Gasteiger partial charge in [-0.05, 0) is 31.3 Å². The quantitative estimate of drug-likeness (QED) is 0.895. The van der Waals surface area contributed by atoms with Gasteiger partial charge in [-0.3, -0.25) is 4.79 Å². The van der Waals surface area contributed by atoms with E-state index in [1.165, 1.54) is 5.69 Å². The predicted octanol–water partition coefficient (Wildman–Crippen LogP) is 1.14. The lowest BCUT2D eigenvalue weighted by Crippen LogP contribution is -2.44. The lowest BCUT2D eigenvalue weighted by molar-refractivity contribution is 0.0954. The summed E-state index contributed by atoms with van der Waals surface area (Å²) < 4.78 is 1.97. The van der Waals surface area contributed by atoms with Crippen LogP contribution in [0.4, 0.5) is 5.69 Å². The molecule has 1 aliphatic rings. The third-order valence-electron chi connectivity index (χ3n) is 4.55. The van der Waals surface area contributed by atoms with E-state index in [0.717, 1.165) is 38.4 Å². The fourth-order valence-electron chi connectivity index (χ4n) is 2.92. The van der Waals surface area contributed by atoms with E-state index in [-0.39, 0.29) is 5.91 Å².